The molecule has 3 amide bonds. The minimum Gasteiger partial charge on any atom is -0.508 e. The molecule has 3 rings (SSSR count). The molecule has 1 aliphatic rings. The molecular weight excluding hydrogens is 351 g/mol. The first-order valence-corrected chi connectivity index (χ1v) is 7.27. The number of rotatable bonds is 2. The lowest BCUT2D eigenvalue weighted by atomic mass is 10.1. The second-order valence-electron chi connectivity index (χ2n) is 5.45. The third kappa shape index (κ3) is 2.93. The van der Waals surface area contributed by atoms with E-state index in [1.54, 1.807) is 0 Å². The van der Waals surface area contributed by atoms with E-state index in [0.29, 0.717) is 16.7 Å². The van der Waals surface area contributed by atoms with E-state index in [0.717, 1.165) is 17.0 Å². The smallest absolute Gasteiger partial charge is 0.417 e. The van der Waals surface area contributed by atoms with Gasteiger partial charge in [0.15, 0.2) is 0 Å². The summed E-state index contributed by atoms with van der Waals surface area (Å²) in [5.41, 5.74) is -1.78. The Labute approximate surface area is 145 Å². The van der Waals surface area contributed by atoms with E-state index in [4.69, 9.17) is 5.26 Å². The predicted molar refractivity (Wildman–Crippen MR) is 84.5 cm³/mol. The van der Waals surface area contributed by atoms with E-state index in [-0.39, 0.29) is 18.0 Å². The third-order valence-corrected chi connectivity index (χ3v) is 3.81. The number of phenolic OH excluding ortho intramolecular Hbond substituents is 1. The van der Waals surface area contributed by atoms with Crippen LogP contribution in [0.15, 0.2) is 42.5 Å². The topological polar surface area (TPSA) is 84.6 Å². The molecule has 1 fully saturated rings. The zero-order chi connectivity index (χ0) is 19.1. The summed E-state index contributed by atoms with van der Waals surface area (Å²) in [4.78, 5) is 26.5. The van der Waals surface area contributed by atoms with Crippen molar-refractivity contribution >= 4 is 23.3 Å². The highest BCUT2D eigenvalue weighted by Gasteiger charge is 2.40. The first-order chi connectivity index (χ1) is 12.2. The van der Waals surface area contributed by atoms with Crippen LogP contribution in [-0.2, 0) is 11.0 Å². The van der Waals surface area contributed by atoms with Gasteiger partial charge >= 0.3 is 12.2 Å². The average molecular weight is 361 g/mol. The molecule has 6 nitrogen and oxygen atoms in total. The van der Waals surface area contributed by atoms with Crippen molar-refractivity contribution in [1.82, 2.24) is 0 Å². The van der Waals surface area contributed by atoms with Crippen LogP contribution < -0.4 is 9.80 Å². The highest BCUT2D eigenvalue weighted by Crippen LogP contribution is 2.36. The molecule has 2 aromatic carbocycles. The lowest BCUT2D eigenvalue weighted by molar-refractivity contribution is -0.137. The van der Waals surface area contributed by atoms with E-state index in [1.165, 1.54) is 30.3 Å². The molecular formula is C17H10F3N3O3. The summed E-state index contributed by atoms with van der Waals surface area (Å²) >= 11 is 0. The molecule has 0 bridgehead atoms. The third-order valence-electron chi connectivity index (χ3n) is 3.81. The number of alkyl halides is 3. The van der Waals surface area contributed by atoms with Gasteiger partial charge in [-0.2, -0.15) is 18.4 Å². The number of amides is 3. The van der Waals surface area contributed by atoms with Crippen molar-refractivity contribution in [2.75, 3.05) is 16.3 Å². The van der Waals surface area contributed by atoms with Crippen molar-refractivity contribution in [3.8, 4) is 11.8 Å². The van der Waals surface area contributed by atoms with Crippen molar-refractivity contribution in [2.45, 2.75) is 6.18 Å². The summed E-state index contributed by atoms with van der Waals surface area (Å²) in [6.07, 6.45) is -4.80. The summed E-state index contributed by atoms with van der Waals surface area (Å²) in [6, 6.07) is 8.71. The van der Waals surface area contributed by atoms with Crippen molar-refractivity contribution in [2.24, 2.45) is 0 Å². The van der Waals surface area contributed by atoms with Gasteiger partial charge < -0.3 is 5.11 Å². The van der Waals surface area contributed by atoms with E-state index in [2.05, 4.69) is 0 Å². The highest BCUT2D eigenvalue weighted by molar-refractivity contribution is 6.27. The maximum Gasteiger partial charge on any atom is 0.417 e. The summed E-state index contributed by atoms with van der Waals surface area (Å²) in [5, 5.41) is 18.1. The molecule has 0 aliphatic carbocycles. The number of halogens is 3. The Hall–Kier alpha value is -3.54. The summed E-state index contributed by atoms with van der Waals surface area (Å²) < 4.78 is 39.3. The van der Waals surface area contributed by atoms with Gasteiger partial charge in [0, 0.05) is 5.69 Å². The van der Waals surface area contributed by atoms with Crippen LogP contribution in [0, 0.1) is 11.3 Å². The van der Waals surface area contributed by atoms with Crippen LogP contribution in [-0.4, -0.2) is 23.6 Å². The lowest BCUT2D eigenvalue weighted by Crippen LogP contribution is -2.33. The molecule has 9 heteroatoms. The van der Waals surface area contributed by atoms with Crippen molar-refractivity contribution < 1.29 is 27.9 Å². The average Bonchev–Trinajstić information content (AvgIpc) is 2.89. The molecule has 0 unspecified atom stereocenters. The van der Waals surface area contributed by atoms with Crippen molar-refractivity contribution in [3.63, 3.8) is 0 Å². The molecule has 26 heavy (non-hydrogen) atoms. The fraction of sp³-hybridized carbons (Fsp3) is 0.118. The Morgan fingerprint density at radius 2 is 1.65 bits per heavy atom. The summed E-state index contributed by atoms with van der Waals surface area (Å²) in [7, 11) is 0. The minimum absolute atomic E-state index is 0.0366. The Balaban J connectivity index is 2.00. The van der Waals surface area contributed by atoms with E-state index in [9.17, 15) is 27.9 Å². The number of anilines is 2. The molecule has 0 atom stereocenters. The number of hydrogen-bond acceptors (Lipinski definition) is 4. The summed E-state index contributed by atoms with van der Waals surface area (Å²) in [6.45, 7) is -0.356. The molecule has 1 heterocycles. The standard InChI is InChI=1S/C17H10F3N3O3/c18-17(19,20)14-7-12(2-1-10(14)8-21)23-15(25)9-22(16(23)26)11-3-5-13(24)6-4-11/h1-7,24H,9H2. The molecule has 0 saturated carbocycles. The number of hydrogen-bond donors (Lipinski definition) is 1. The summed E-state index contributed by atoms with van der Waals surface area (Å²) in [5.74, 6) is -0.744. The molecule has 1 aliphatic heterocycles. The van der Waals surface area contributed by atoms with Gasteiger partial charge in [-0.25, -0.2) is 9.69 Å². The highest BCUT2D eigenvalue weighted by atomic mass is 19.4. The maximum atomic E-state index is 13.1. The minimum atomic E-state index is -4.80. The second-order valence-corrected chi connectivity index (χ2v) is 5.45. The van der Waals surface area contributed by atoms with Crippen LogP contribution in [0.4, 0.5) is 29.3 Å². The van der Waals surface area contributed by atoms with E-state index in [1.807, 2.05) is 0 Å². The second kappa shape index (κ2) is 6.07. The molecule has 0 radical (unpaired) electrons. The van der Waals surface area contributed by atoms with Gasteiger partial charge in [-0.15, -0.1) is 0 Å². The van der Waals surface area contributed by atoms with Crippen LogP contribution in [0.1, 0.15) is 11.1 Å². The zero-order valence-electron chi connectivity index (χ0n) is 13.0. The fourth-order valence-corrected chi connectivity index (χ4v) is 2.59. The van der Waals surface area contributed by atoms with Gasteiger partial charge in [-0.1, -0.05) is 0 Å². The SMILES string of the molecule is N#Cc1ccc(N2C(=O)CN(c3ccc(O)cc3)C2=O)cc1C(F)(F)F. The van der Waals surface area contributed by atoms with Gasteiger partial charge in [0.25, 0.3) is 5.91 Å². The van der Waals surface area contributed by atoms with Crippen LogP contribution in [0.25, 0.3) is 0 Å². The maximum absolute atomic E-state index is 13.1. The van der Waals surface area contributed by atoms with Gasteiger partial charge in [0.2, 0.25) is 0 Å². The van der Waals surface area contributed by atoms with Gasteiger partial charge in [-0.3, -0.25) is 9.69 Å². The molecule has 0 spiro atoms. The Bertz CT molecular complexity index is 933. The fourth-order valence-electron chi connectivity index (χ4n) is 2.59. The number of nitriles is 1. The number of carbonyl (C=O) groups is 2. The van der Waals surface area contributed by atoms with Gasteiger partial charge in [0.1, 0.15) is 12.3 Å². The number of carbonyl (C=O) groups excluding carboxylic acids is 2. The number of nitrogens with zero attached hydrogens (tertiary/aromatic N) is 3. The first kappa shape index (κ1) is 17.3. The van der Waals surface area contributed by atoms with E-state index >= 15 is 0 Å². The molecule has 2 aromatic rings. The van der Waals surface area contributed by atoms with Crippen molar-refractivity contribution in [1.29, 1.82) is 5.26 Å². The van der Waals surface area contributed by atoms with Crippen LogP contribution >= 0.6 is 0 Å². The monoisotopic (exact) mass is 361 g/mol. The quantitative estimate of drug-likeness (QED) is 0.832. The van der Waals surface area contributed by atoms with Gasteiger partial charge in [-0.05, 0) is 42.5 Å². The lowest BCUT2D eigenvalue weighted by Gasteiger charge is -2.18. The number of phenols is 1. The largest absolute Gasteiger partial charge is 0.508 e. The molecule has 1 N–H and O–H groups in total. The number of urea groups is 1. The van der Waals surface area contributed by atoms with Crippen LogP contribution in [0.3, 0.4) is 0 Å². The van der Waals surface area contributed by atoms with E-state index < -0.39 is 29.2 Å². The number of imide groups is 1. The Morgan fingerprint density at radius 3 is 2.23 bits per heavy atom. The Morgan fingerprint density at radius 1 is 1.04 bits per heavy atom. The Kier molecular flexibility index (Phi) is 4.04. The first-order valence-electron chi connectivity index (χ1n) is 7.27. The number of benzene rings is 2. The molecule has 1 saturated heterocycles. The van der Waals surface area contributed by atoms with Crippen molar-refractivity contribution in [3.05, 3.63) is 53.6 Å². The van der Waals surface area contributed by atoms with Crippen LogP contribution in [0.5, 0.6) is 5.75 Å². The normalized spacial score (nSPS) is 14.7. The zero-order valence-corrected chi connectivity index (χ0v) is 13.0. The molecule has 0 aromatic heterocycles. The van der Waals surface area contributed by atoms with Crippen LogP contribution in [0.2, 0.25) is 0 Å². The van der Waals surface area contributed by atoms with Gasteiger partial charge in [0.05, 0.1) is 22.9 Å². The predicted octanol–water partition coefficient (Wildman–Crippen LogP) is 3.26. The molecule has 132 valence electrons. The number of aromatic hydroxyl groups is 1.